The van der Waals surface area contributed by atoms with Crippen molar-refractivity contribution in [1.82, 2.24) is 0 Å². The second-order valence-corrected chi connectivity index (χ2v) is 3.38. The van der Waals surface area contributed by atoms with Crippen LogP contribution < -0.4 is 0 Å². The zero-order valence-corrected chi connectivity index (χ0v) is 6.57. The van der Waals surface area contributed by atoms with E-state index in [1.54, 1.807) is 11.8 Å². The molecule has 1 aliphatic heterocycles. The number of rotatable bonds is 1. The highest BCUT2D eigenvalue weighted by molar-refractivity contribution is 8.14. The van der Waals surface area contributed by atoms with Gasteiger partial charge in [-0.15, -0.1) is 11.8 Å². The fourth-order valence-electron chi connectivity index (χ4n) is 0.591. The van der Waals surface area contributed by atoms with E-state index in [0.29, 0.717) is 5.92 Å². The summed E-state index contributed by atoms with van der Waals surface area (Å²) in [5, 5.41) is 5.03. The molecule has 0 N–H and O–H groups in total. The summed E-state index contributed by atoms with van der Waals surface area (Å²) < 4.78 is 0. The first-order valence-corrected chi connectivity index (χ1v) is 4.12. The summed E-state index contributed by atoms with van der Waals surface area (Å²) in [5.41, 5.74) is 0. The first-order chi connectivity index (χ1) is 4.30. The van der Waals surface area contributed by atoms with Crippen molar-refractivity contribution >= 4 is 16.8 Å². The maximum Gasteiger partial charge on any atom is 0.126 e. The van der Waals surface area contributed by atoms with Gasteiger partial charge in [-0.2, -0.15) is 0 Å². The summed E-state index contributed by atoms with van der Waals surface area (Å²) in [7, 11) is 0. The molecule has 0 aromatic heterocycles. The van der Waals surface area contributed by atoms with Gasteiger partial charge in [-0.3, -0.25) is 0 Å². The van der Waals surface area contributed by atoms with Gasteiger partial charge in [-0.25, -0.2) is 0 Å². The van der Waals surface area contributed by atoms with E-state index in [0.717, 1.165) is 17.4 Å². The van der Waals surface area contributed by atoms with Crippen LogP contribution in [-0.4, -0.2) is 17.4 Å². The van der Waals surface area contributed by atoms with Crippen molar-refractivity contribution in [3.05, 3.63) is 0 Å². The molecule has 3 heteroatoms. The number of nitrogens with zero attached hydrogens (tertiary/aromatic N) is 1. The Balaban J connectivity index is 2.46. The Morgan fingerprint density at radius 3 is 2.78 bits per heavy atom. The summed E-state index contributed by atoms with van der Waals surface area (Å²) in [6, 6.07) is 0. The van der Waals surface area contributed by atoms with Crippen LogP contribution in [0.1, 0.15) is 13.8 Å². The largest absolute Gasteiger partial charge is 0.394 e. The molecular formula is C6H11NOS. The normalized spacial score (nSPS) is 19.2. The van der Waals surface area contributed by atoms with Gasteiger partial charge in [0.1, 0.15) is 11.7 Å². The molecule has 0 aliphatic carbocycles. The molecule has 1 heterocycles. The van der Waals surface area contributed by atoms with Gasteiger partial charge in [0.25, 0.3) is 0 Å². The lowest BCUT2D eigenvalue weighted by molar-refractivity contribution is 0.158. The van der Waals surface area contributed by atoms with Crippen LogP contribution in [0.15, 0.2) is 5.16 Å². The van der Waals surface area contributed by atoms with Gasteiger partial charge in [0.2, 0.25) is 0 Å². The van der Waals surface area contributed by atoms with Gasteiger partial charge in [0.15, 0.2) is 0 Å². The monoisotopic (exact) mass is 145 g/mol. The molecule has 0 saturated carbocycles. The fraction of sp³-hybridized carbons (Fsp3) is 0.833. The molecule has 2 nitrogen and oxygen atoms in total. The summed E-state index contributed by atoms with van der Waals surface area (Å²) in [6.07, 6.45) is 0. The van der Waals surface area contributed by atoms with Crippen molar-refractivity contribution in [2.45, 2.75) is 13.8 Å². The van der Waals surface area contributed by atoms with Crippen molar-refractivity contribution in [2.24, 2.45) is 11.1 Å². The SMILES string of the molecule is CC(C)C1=NOCCS1. The topological polar surface area (TPSA) is 21.6 Å². The van der Waals surface area contributed by atoms with E-state index in [9.17, 15) is 0 Å². The van der Waals surface area contributed by atoms with Gasteiger partial charge in [-0.1, -0.05) is 19.0 Å². The zero-order chi connectivity index (χ0) is 6.69. The summed E-state index contributed by atoms with van der Waals surface area (Å²) in [5.74, 6) is 1.58. The van der Waals surface area contributed by atoms with Crippen molar-refractivity contribution in [2.75, 3.05) is 12.4 Å². The molecule has 0 spiro atoms. The van der Waals surface area contributed by atoms with Crippen LogP contribution in [-0.2, 0) is 4.84 Å². The van der Waals surface area contributed by atoms with Gasteiger partial charge in [0.05, 0.1) is 0 Å². The maximum absolute atomic E-state index is 4.91. The number of thioether (sulfide) groups is 1. The highest BCUT2D eigenvalue weighted by Crippen LogP contribution is 2.16. The lowest BCUT2D eigenvalue weighted by Crippen LogP contribution is -2.11. The third-order valence-corrected chi connectivity index (χ3v) is 2.29. The molecule has 9 heavy (non-hydrogen) atoms. The van der Waals surface area contributed by atoms with E-state index in [4.69, 9.17) is 4.84 Å². The average Bonchev–Trinajstić information content (AvgIpc) is 1.90. The van der Waals surface area contributed by atoms with Crippen LogP contribution >= 0.6 is 11.8 Å². The van der Waals surface area contributed by atoms with Crippen LogP contribution in [0.25, 0.3) is 0 Å². The second-order valence-electron chi connectivity index (χ2n) is 2.27. The lowest BCUT2D eigenvalue weighted by atomic mass is 10.2. The third kappa shape index (κ3) is 1.90. The standard InChI is InChI=1S/C6H11NOS/c1-5(2)6-7-8-3-4-9-6/h5H,3-4H2,1-2H3. The Kier molecular flexibility index (Phi) is 2.39. The molecule has 1 rings (SSSR count). The van der Waals surface area contributed by atoms with Crippen LogP contribution in [0.3, 0.4) is 0 Å². The molecule has 0 saturated heterocycles. The molecule has 0 bridgehead atoms. The number of hydrogen-bond acceptors (Lipinski definition) is 3. The smallest absolute Gasteiger partial charge is 0.126 e. The Morgan fingerprint density at radius 2 is 2.44 bits per heavy atom. The first kappa shape index (κ1) is 6.93. The Hall–Kier alpha value is -0.180. The van der Waals surface area contributed by atoms with Crippen LogP contribution in [0.2, 0.25) is 0 Å². The third-order valence-electron chi connectivity index (χ3n) is 1.07. The van der Waals surface area contributed by atoms with Crippen LogP contribution in [0.5, 0.6) is 0 Å². The van der Waals surface area contributed by atoms with Crippen molar-refractivity contribution in [3.8, 4) is 0 Å². The van der Waals surface area contributed by atoms with Gasteiger partial charge in [-0.05, 0) is 0 Å². The number of hydrogen-bond donors (Lipinski definition) is 0. The molecule has 0 atom stereocenters. The highest BCUT2D eigenvalue weighted by Gasteiger charge is 2.09. The summed E-state index contributed by atoms with van der Waals surface area (Å²) in [6.45, 7) is 5.02. The molecular weight excluding hydrogens is 134 g/mol. The summed E-state index contributed by atoms with van der Waals surface area (Å²) in [4.78, 5) is 4.91. The molecule has 0 amide bonds. The minimum absolute atomic E-state index is 0.523. The van der Waals surface area contributed by atoms with Crippen molar-refractivity contribution in [3.63, 3.8) is 0 Å². The van der Waals surface area contributed by atoms with E-state index >= 15 is 0 Å². The molecule has 1 aliphatic rings. The van der Waals surface area contributed by atoms with Gasteiger partial charge < -0.3 is 4.84 Å². The minimum Gasteiger partial charge on any atom is -0.394 e. The molecule has 0 aromatic carbocycles. The van der Waals surface area contributed by atoms with Crippen molar-refractivity contribution < 1.29 is 4.84 Å². The predicted molar refractivity (Wildman–Crippen MR) is 40.7 cm³/mol. The zero-order valence-electron chi connectivity index (χ0n) is 5.76. The van der Waals surface area contributed by atoms with Crippen LogP contribution in [0.4, 0.5) is 0 Å². The molecule has 0 unspecified atom stereocenters. The van der Waals surface area contributed by atoms with Crippen LogP contribution in [0, 0.1) is 5.92 Å². The second kappa shape index (κ2) is 3.11. The van der Waals surface area contributed by atoms with E-state index in [1.807, 2.05) is 0 Å². The first-order valence-electron chi connectivity index (χ1n) is 3.13. The average molecular weight is 145 g/mol. The predicted octanol–water partition coefficient (Wildman–Crippen LogP) is 1.72. The van der Waals surface area contributed by atoms with E-state index in [-0.39, 0.29) is 0 Å². The maximum atomic E-state index is 4.91. The highest BCUT2D eigenvalue weighted by atomic mass is 32.2. The van der Waals surface area contributed by atoms with E-state index in [1.165, 1.54) is 0 Å². The molecule has 52 valence electrons. The Morgan fingerprint density at radius 1 is 1.67 bits per heavy atom. The van der Waals surface area contributed by atoms with Crippen molar-refractivity contribution in [1.29, 1.82) is 0 Å². The lowest BCUT2D eigenvalue weighted by Gasteiger charge is -2.12. The molecule has 0 radical (unpaired) electrons. The van der Waals surface area contributed by atoms with E-state index in [2.05, 4.69) is 19.0 Å². The fourth-order valence-corrected chi connectivity index (χ4v) is 1.40. The number of oxime groups is 1. The molecule has 0 fully saturated rings. The quantitative estimate of drug-likeness (QED) is 0.560. The summed E-state index contributed by atoms with van der Waals surface area (Å²) >= 11 is 1.80. The minimum atomic E-state index is 0.523. The van der Waals surface area contributed by atoms with Gasteiger partial charge in [0, 0.05) is 11.7 Å². The van der Waals surface area contributed by atoms with E-state index < -0.39 is 0 Å². The Bertz CT molecular complexity index is 122. The molecule has 0 aromatic rings. The Labute approximate surface area is 59.6 Å². The van der Waals surface area contributed by atoms with Gasteiger partial charge >= 0.3 is 0 Å².